The number of aldehydes is 1. The molecule has 0 aromatic heterocycles. The Labute approximate surface area is 128 Å². The summed E-state index contributed by atoms with van der Waals surface area (Å²) in [6.45, 7) is 0. The molecule has 0 amide bonds. The van der Waals surface area contributed by atoms with Crippen molar-refractivity contribution >= 4 is 12.3 Å². The van der Waals surface area contributed by atoms with Crippen LogP contribution in [0.1, 0.15) is 25.7 Å². The van der Waals surface area contributed by atoms with E-state index in [2.05, 4.69) is 0 Å². The quantitative estimate of drug-likeness (QED) is 0.400. The molecule has 0 aromatic carbocycles. The largest absolute Gasteiger partial charge is 1.00 e. The van der Waals surface area contributed by atoms with E-state index in [0.717, 1.165) is 25.5 Å². The molecule has 2 unspecified atom stereocenters. The minimum atomic E-state index is -1.13. The van der Waals surface area contributed by atoms with Crippen LogP contribution in [0.2, 0.25) is 0 Å². The van der Waals surface area contributed by atoms with Crippen molar-refractivity contribution in [2.24, 2.45) is 0 Å². The van der Waals surface area contributed by atoms with Crippen molar-refractivity contribution in [1.29, 1.82) is 0 Å². The topological polar surface area (TPSA) is 75.7 Å². The molecule has 2 heterocycles. The van der Waals surface area contributed by atoms with Gasteiger partial charge in [-0.15, -0.1) is 0 Å². The van der Waals surface area contributed by atoms with Crippen molar-refractivity contribution in [2.45, 2.75) is 37.9 Å². The predicted octanol–water partition coefficient (Wildman–Crippen LogP) is -2.69. The Kier molecular flexibility index (Phi) is 9.73. The summed E-state index contributed by atoms with van der Waals surface area (Å²) in [6, 6.07) is 0. The van der Waals surface area contributed by atoms with Crippen molar-refractivity contribution in [3.63, 3.8) is 0 Å². The minimum Gasteiger partial charge on any atom is -0.546 e. The van der Waals surface area contributed by atoms with E-state index < -0.39 is 12.1 Å². The summed E-state index contributed by atoms with van der Waals surface area (Å²) in [7, 11) is 0. The van der Waals surface area contributed by atoms with E-state index in [4.69, 9.17) is 9.47 Å². The number of carboxylic acid groups (broad SMARTS) is 1. The molecule has 5 nitrogen and oxygen atoms in total. The summed E-state index contributed by atoms with van der Waals surface area (Å²) in [5.74, 6) is -1.13. The standard InChI is InChI=1S/C6H8O3.C6H8O2.Na/c7-6(8)5-3-1-2-4-9-5;7-5-6-3-1-2-4-8-6;/h2,4-5H,1,3H2,(H,7,8);2,4-6H,1,3H2;/q;;+1/p-1. The molecule has 2 aliphatic rings. The molecule has 6 heteroatoms. The van der Waals surface area contributed by atoms with Crippen LogP contribution in [-0.4, -0.2) is 24.5 Å². The van der Waals surface area contributed by atoms with E-state index in [9.17, 15) is 14.7 Å². The molecule has 0 aromatic rings. The summed E-state index contributed by atoms with van der Waals surface area (Å²) >= 11 is 0. The van der Waals surface area contributed by atoms with Crippen LogP contribution in [0.4, 0.5) is 0 Å². The van der Waals surface area contributed by atoms with Crippen LogP contribution in [0, 0.1) is 0 Å². The summed E-state index contributed by atoms with van der Waals surface area (Å²) in [6.07, 6.45) is 9.71. The van der Waals surface area contributed by atoms with Gasteiger partial charge in [-0.2, -0.15) is 0 Å². The number of ether oxygens (including phenoxy) is 2. The number of rotatable bonds is 2. The molecular formula is C12H15NaO5. The number of hydrogen-bond donors (Lipinski definition) is 0. The molecular weight excluding hydrogens is 247 g/mol. The Morgan fingerprint density at radius 2 is 1.78 bits per heavy atom. The van der Waals surface area contributed by atoms with Gasteiger partial charge in [0, 0.05) is 0 Å². The first kappa shape index (κ1) is 17.2. The second kappa shape index (κ2) is 10.2. The number of allylic oxidation sites excluding steroid dienone is 2. The molecule has 0 radical (unpaired) electrons. The zero-order valence-electron chi connectivity index (χ0n) is 10.4. The van der Waals surface area contributed by atoms with E-state index >= 15 is 0 Å². The van der Waals surface area contributed by atoms with Crippen LogP contribution in [0.25, 0.3) is 0 Å². The molecule has 18 heavy (non-hydrogen) atoms. The molecule has 0 fully saturated rings. The van der Waals surface area contributed by atoms with Crippen LogP contribution in [0.3, 0.4) is 0 Å². The predicted molar refractivity (Wildman–Crippen MR) is 57.6 cm³/mol. The van der Waals surface area contributed by atoms with Gasteiger partial charge in [0.25, 0.3) is 0 Å². The molecule has 2 atom stereocenters. The summed E-state index contributed by atoms with van der Waals surface area (Å²) < 4.78 is 9.58. The fraction of sp³-hybridized carbons (Fsp3) is 0.500. The molecule has 0 spiro atoms. The van der Waals surface area contributed by atoms with E-state index in [1.807, 2.05) is 6.08 Å². The van der Waals surface area contributed by atoms with Gasteiger partial charge in [-0.05, 0) is 37.8 Å². The average molecular weight is 262 g/mol. The summed E-state index contributed by atoms with van der Waals surface area (Å²) in [4.78, 5) is 20.1. The number of carbonyl (C=O) groups excluding carboxylic acids is 2. The van der Waals surface area contributed by atoms with Gasteiger partial charge in [0.1, 0.15) is 6.10 Å². The Bertz CT molecular complexity index is 314. The maximum Gasteiger partial charge on any atom is 1.00 e. The van der Waals surface area contributed by atoms with Gasteiger partial charge < -0.3 is 19.4 Å². The van der Waals surface area contributed by atoms with Crippen LogP contribution in [-0.2, 0) is 19.1 Å². The monoisotopic (exact) mass is 262 g/mol. The fourth-order valence-corrected chi connectivity index (χ4v) is 1.36. The van der Waals surface area contributed by atoms with E-state index in [0.29, 0.717) is 6.42 Å². The average Bonchev–Trinajstić information content (AvgIpc) is 2.41. The third-order valence-electron chi connectivity index (χ3n) is 2.32. The van der Waals surface area contributed by atoms with Crippen molar-refractivity contribution in [3.8, 4) is 0 Å². The van der Waals surface area contributed by atoms with E-state index in [1.54, 1.807) is 12.3 Å². The van der Waals surface area contributed by atoms with Gasteiger partial charge in [0.15, 0.2) is 12.4 Å². The SMILES string of the molecule is O=C([O-])C1CCC=CO1.O=CC1CCC=CO1.[Na+]. The van der Waals surface area contributed by atoms with Crippen LogP contribution < -0.4 is 34.7 Å². The Morgan fingerprint density at radius 1 is 1.17 bits per heavy atom. The van der Waals surface area contributed by atoms with E-state index in [-0.39, 0.29) is 35.7 Å². The second-order valence-electron chi connectivity index (χ2n) is 3.65. The zero-order valence-corrected chi connectivity index (χ0v) is 12.4. The first-order chi connectivity index (χ1) is 8.24. The third kappa shape index (κ3) is 6.83. The van der Waals surface area contributed by atoms with Gasteiger partial charge in [-0.1, -0.05) is 0 Å². The van der Waals surface area contributed by atoms with Crippen molar-refractivity contribution < 1.29 is 53.7 Å². The molecule has 0 saturated heterocycles. The van der Waals surface area contributed by atoms with Gasteiger partial charge in [0.2, 0.25) is 0 Å². The van der Waals surface area contributed by atoms with Crippen molar-refractivity contribution in [1.82, 2.24) is 0 Å². The molecule has 0 aliphatic carbocycles. The zero-order chi connectivity index (χ0) is 12.5. The van der Waals surface area contributed by atoms with Crippen molar-refractivity contribution in [3.05, 3.63) is 24.7 Å². The van der Waals surface area contributed by atoms with Crippen LogP contribution in [0.5, 0.6) is 0 Å². The molecule has 0 N–H and O–H groups in total. The first-order valence-corrected chi connectivity index (χ1v) is 5.51. The number of aliphatic carboxylic acids is 1. The summed E-state index contributed by atoms with van der Waals surface area (Å²) in [5.41, 5.74) is 0. The van der Waals surface area contributed by atoms with E-state index in [1.165, 1.54) is 6.26 Å². The number of carboxylic acids is 1. The van der Waals surface area contributed by atoms with Gasteiger partial charge in [0.05, 0.1) is 18.5 Å². The number of carbonyl (C=O) groups is 2. The first-order valence-electron chi connectivity index (χ1n) is 5.51. The smallest absolute Gasteiger partial charge is 0.546 e. The summed E-state index contributed by atoms with van der Waals surface area (Å²) in [5, 5.41) is 10.1. The van der Waals surface area contributed by atoms with Gasteiger partial charge >= 0.3 is 29.6 Å². The Balaban J connectivity index is 0.000000306. The Hall–Kier alpha value is -0.780. The van der Waals surface area contributed by atoms with Crippen LogP contribution >= 0.6 is 0 Å². The molecule has 0 saturated carbocycles. The minimum absolute atomic E-state index is 0. The van der Waals surface area contributed by atoms with Gasteiger partial charge in [-0.3, -0.25) is 4.79 Å². The number of hydrogen-bond acceptors (Lipinski definition) is 5. The molecule has 2 aliphatic heterocycles. The second-order valence-corrected chi connectivity index (χ2v) is 3.65. The Morgan fingerprint density at radius 3 is 2.06 bits per heavy atom. The van der Waals surface area contributed by atoms with Gasteiger partial charge in [-0.25, -0.2) is 0 Å². The maximum absolute atomic E-state index is 10.1. The molecule has 0 bridgehead atoms. The maximum atomic E-state index is 10.1. The molecule has 94 valence electrons. The molecule has 2 rings (SSSR count). The third-order valence-corrected chi connectivity index (χ3v) is 2.32. The van der Waals surface area contributed by atoms with Crippen LogP contribution in [0.15, 0.2) is 24.7 Å². The fourth-order valence-electron chi connectivity index (χ4n) is 1.36. The van der Waals surface area contributed by atoms with Crippen molar-refractivity contribution in [2.75, 3.05) is 0 Å². The normalized spacial score (nSPS) is 24.4.